The Morgan fingerprint density at radius 1 is 1.38 bits per heavy atom. The molecule has 114 valence electrons. The van der Waals surface area contributed by atoms with Crippen molar-refractivity contribution in [2.75, 3.05) is 13.2 Å². The van der Waals surface area contributed by atoms with Crippen molar-refractivity contribution in [3.63, 3.8) is 0 Å². The van der Waals surface area contributed by atoms with Crippen molar-refractivity contribution >= 4 is 23.5 Å². The summed E-state index contributed by atoms with van der Waals surface area (Å²) in [5, 5.41) is 7.88. The third kappa shape index (κ3) is 4.79. The Morgan fingerprint density at radius 2 is 2.10 bits per heavy atom. The van der Waals surface area contributed by atoms with Gasteiger partial charge in [-0.3, -0.25) is 5.43 Å². The first-order valence-electron chi connectivity index (χ1n) is 7.32. The molecule has 1 heterocycles. The molecule has 0 bridgehead atoms. The van der Waals surface area contributed by atoms with E-state index in [9.17, 15) is 0 Å². The maximum absolute atomic E-state index is 5.53. The molecule has 0 aliphatic carbocycles. The quantitative estimate of drug-likeness (QED) is 0.510. The van der Waals surface area contributed by atoms with Gasteiger partial charge >= 0.3 is 0 Å². The monoisotopic (exact) mass is 305 g/mol. The van der Waals surface area contributed by atoms with Crippen molar-refractivity contribution in [2.24, 2.45) is 5.10 Å². The van der Waals surface area contributed by atoms with E-state index in [2.05, 4.69) is 48.7 Å². The largest absolute Gasteiger partial charge is 0.376 e. The lowest BCUT2D eigenvalue weighted by Crippen LogP contribution is -2.37. The van der Waals surface area contributed by atoms with Crippen LogP contribution in [0.1, 0.15) is 35.1 Å². The third-order valence-corrected chi connectivity index (χ3v) is 3.85. The van der Waals surface area contributed by atoms with E-state index in [0.29, 0.717) is 5.11 Å². The van der Waals surface area contributed by atoms with E-state index in [0.717, 1.165) is 31.6 Å². The number of nitrogens with zero attached hydrogens (tertiary/aromatic N) is 1. The van der Waals surface area contributed by atoms with Gasteiger partial charge in [-0.2, -0.15) is 5.10 Å². The Bertz CT molecular complexity index is 513. The van der Waals surface area contributed by atoms with Gasteiger partial charge in [0, 0.05) is 18.7 Å². The Labute approximate surface area is 132 Å². The molecule has 1 atom stereocenters. The van der Waals surface area contributed by atoms with Gasteiger partial charge in [0.05, 0.1) is 12.3 Å². The van der Waals surface area contributed by atoms with Crippen molar-refractivity contribution in [3.05, 3.63) is 34.4 Å². The summed E-state index contributed by atoms with van der Waals surface area (Å²) in [7, 11) is 0. The van der Waals surface area contributed by atoms with Crippen molar-refractivity contribution in [2.45, 2.75) is 39.7 Å². The van der Waals surface area contributed by atoms with Gasteiger partial charge in [0.2, 0.25) is 0 Å². The highest BCUT2D eigenvalue weighted by molar-refractivity contribution is 7.80. The average Bonchev–Trinajstić information content (AvgIpc) is 2.92. The molecule has 2 rings (SSSR count). The summed E-state index contributed by atoms with van der Waals surface area (Å²) in [6.45, 7) is 7.88. The first-order valence-corrected chi connectivity index (χ1v) is 7.73. The summed E-state index contributed by atoms with van der Waals surface area (Å²) in [5.41, 5.74) is 7.70. The average molecular weight is 305 g/mol. The Morgan fingerprint density at radius 3 is 2.71 bits per heavy atom. The topological polar surface area (TPSA) is 45.7 Å². The number of rotatable bonds is 4. The van der Waals surface area contributed by atoms with Crippen molar-refractivity contribution in [1.82, 2.24) is 10.7 Å². The number of nitrogens with one attached hydrogen (secondary N) is 2. The standard InChI is InChI=1S/C16H23N3OS/c1-11-7-12(2)15(13(3)8-11)10-18-19-16(21)17-9-14-5-4-6-20-14/h7-8,10,14H,4-6,9H2,1-3H3,(H2,17,19,21)/b18-10-/t14-/m0/s1. The van der Waals surface area contributed by atoms with Crippen LogP contribution >= 0.6 is 12.2 Å². The fourth-order valence-corrected chi connectivity index (χ4v) is 2.74. The molecule has 1 fully saturated rings. The summed E-state index contributed by atoms with van der Waals surface area (Å²) in [6, 6.07) is 4.31. The minimum atomic E-state index is 0.273. The van der Waals surface area contributed by atoms with Gasteiger partial charge in [-0.25, -0.2) is 0 Å². The van der Waals surface area contributed by atoms with E-state index < -0.39 is 0 Å². The van der Waals surface area contributed by atoms with Gasteiger partial charge in [0.25, 0.3) is 0 Å². The zero-order valence-electron chi connectivity index (χ0n) is 12.9. The van der Waals surface area contributed by atoms with Crippen LogP contribution in [0.2, 0.25) is 0 Å². The molecule has 2 N–H and O–H groups in total. The molecule has 0 aromatic heterocycles. The molecule has 1 aromatic rings. The summed E-state index contributed by atoms with van der Waals surface area (Å²) < 4.78 is 5.53. The van der Waals surface area contributed by atoms with Crippen molar-refractivity contribution < 1.29 is 4.74 Å². The van der Waals surface area contributed by atoms with Crippen LogP contribution < -0.4 is 10.7 Å². The molecule has 1 aliphatic rings. The van der Waals surface area contributed by atoms with Crippen molar-refractivity contribution in [3.8, 4) is 0 Å². The minimum Gasteiger partial charge on any atom is -0.376 e. The number of benzene rings is 1. The minimum absolute atomic E-state index is 0.273. The van der Waals surface area contributed by atoms with Gasteiger partial charge in [-0.05, 0) is 57.0 Å². The van der Waals surface area contributed by atoms with Gasteiger partial charge in [0.15, 0.2) is 5.11 Å². The molecule has 21 heavy (non-hydrogen) atoms. The number of hydrogen-bond acceptors (Lipinski definition) is 3. The first kappa shape index (κ1) is 15.9. The number of hydrogen-bond donors (Lipinski definition) is 2. The van der Waals surface area contributed by atoms with Crippen LogP contribution in [0, 0.1) is 20.8 Å². The molecule has 4 nitrogen and oxygen atoms in total. The Hall–Kier alpha value is -1.46. The van der Waals surface area contributed by atoms with Gasteiger partial charge < -0.3 is 10.1 Å². The van der Waals surface area contributed by atoms with Crippen molar-refractivity contribution in [1.29, 1.82) is 0 Å². The number of thiocarbonyl (C=S) groups is 1. The van der Waals surface area contributed by atoms with Gasteiger partial charge in [0.1, 0.15) is 0 Å². The van der Waals surface area contributed by atoms with Crippen LogP contribution in [0.5, 0.6) is 0 Å². The van der Waals surface area contributed by atoms with Crippen LogP contribution in [0.25, 0.3) is 0 Å². The van der Waals surface area contributed by atoms with Crippen LogP contribution in [0.4, 0.5) is 0 Å². The van der Waals surface area contributed by atoms with Gasteiger partial charge in [-0.15, -0.1) is 0 Å². The fourth-order valence-electron chi connectivity index (χ4n) is 2.60. The van der Waals surface area contributed by atoms with E-state index in [-0.39, 0.29) is 6.10 Å². The first-order chi connectivity index (χ1) is 10.1. The molecular formula is C16H23N3OS. The highest BCUT2D eigenvalue weighted by atomic mass is 32.1. The second kappa shape index (κ2) is 7.52. The number of hydrazone groups is 1. The molecule has 5 heteroatoms. The third-order valence-electron chi connectivity index (χ3n) is 3.61. The molecular weight excluding hydrogens is 282 g/mol. The highest BCUT2D eigenvalue weighted by Crippen LogP contribution is 2.14. The molecule has 1 aromatic carbocycles. The maximum Gasteiger partial charge on any atom is 0.187 e. The molecule has 1 saturated heterocycles. The SMILES string of the molecule is Cc1cc(C)c(/C=N\NC(=S)NC[C@@H]2CCCO2)c(C)c1. The van der Waals surface area contributed by atoms with E-state index in [4.69, 9.17) is 17.0 Å². The number of ether oxygens (including phenoxy) is 1. The van der Waals surface area contributed by atoms with E-state index in [1.54, 1.807) is 0 Å². The number of aryl methyl sites for hydroxylation is 3. The summed E-state index contributed by atoms with van der Waals surface area (Å²) >= 11 is 5.20. The second-order valence-electron chi connectivity index (χ2n) is 5.53. The summed E-state index contributed by atoms with van der Waals surface area (Å²) in [5.74, 6) is 0. The molecule has 0 radical (unpaired) electrons. The predicted octanol–water partition coefficient (Wildman–Crippen LogP) is 2.59. The fraction of sp³-hybridized carbons (Fsp3) is 0.500. The van der Waals surface area contributed by atoms with Crippen LogP contribution in [0.15, 0.2) is 17.2 Å². The predicted molar refractivity (Wildman–Crippen MR) is 91.0 cm³/mol. The van der Waals surface area contributed by atoms with Crippen LogP contribution in [-0.2, 0) is 4.74 Å². The normalized spacial score (nSPS) is 18.1. The lowest BCUT2D eigenvalue weighted by Gasteiger charge is -2.12. The molecule has 0 spiro atoms. The van der Waals surface area contributed by atoms with Crippen LogP contribution in [-0.4, -0.2) is 30.6 Å². The molecule has 0 unspecified atom stereocenters. The van der Waals surface area contributed by atoms with E-state index in [1.807, 2.05) is 6.21 Å². The van der Waals surface area contributed by atoms with E-state index in [1.165, 1.54) is 16.7 Å². The van der Waals surface area contributed by atoms with Crippen LogP contribution in [0.3, 0.4) is 0 Å². The smallest absolute Gasteiger partial charge is 0.187 e. The Kier molecular flexibility index (Phi) is 5.70. The second-order valence-corrected chi connectivity index (χ2v) is 5.94. The summed E-state index contributed by atoms with van der Waals surface area (Å²) in [6.07, 6.45) is 4.33. The zero-order chi connectivity index (χ0) is 15.2. The lowest BCUT2D eigenvalue weighted by atomic mass is 10.0. The summed E-state index contributed by atoms with van der Waals surface area (Å²) in [4.78, 5) is 0. The lowest BCUT2D eigenvalue weighted by molar-refractivity contribution is 0.114. The highest BCUT2D eigenvalue weighted by Gasteiger charge is 2.14. The Balaban J connectivity index is 1.83. The maximum atomic E-state index is 5.53. The molecule has 0 saturated carbocycles. The molecule has 1 aliphatic heterocycles. The zero-order valence-corrected chi connectivity index (χ0v) is 13.7. The molecule has 0 amide bonds. The van der Waals surface area contributed by atoms with Gasteiger partial charge in [-0.1, -0.05) is 17.7 Å². The van der Waals surface area contributed by atoms with E-state index >= 15 is 0 Å².